The van der Waals surface area contributed by atoms with Gasteiger partial charge in [-0.3, -0.25) is 4.99 Å². The van der Waals surface area contributed by atoms with Gasteiger partial charge in [-0.25, -0.2) is 0 Å². The predicted molar refractivity (Wildman–Crippen MR) is 75.7 cm³/mol. The Balaban J connectivity index is 2.23. The number of aryl methyl sites for hydroxylation is 1. The fraction of sp³-hybridized carbons (Fsp3) is 0.357. The molecule has 0 unspecified atom stereocenters. The van der Waals surface area contributed by atoms with E-state index in [0.29, 0.717) is 0 Å². The summed E-state index contributed by atoms with van der Waals surface area (Å²) in [6.45, 7) is 4.71. The third-order valence-corrected chi connectivity index (χ3v) is 2.80. The number of aliphatic imine (C=N–C) groups is 1. The highest BCUT2D eigenvalue weighted by Gasteiger charge is 1.96. The molecule has 0 radical (unpaired) electrons. The Labute approximate surface area is 109 Å². The fourth-order valence-corrected chi connectivity index (χ4v) is 1.75. The molecule has 0 heterocycles. The van der Waals surface area contributed by atoms with Crippen LogP contribution in [0.1, 0.15) is 18.4 Å². The zero-order chi connectivity index (χ0) is 12.5. The summed E-state index contributed by atoms with van der Waals surface area (Å²) < 4.78 is 0. The first-order valence-electron chi connectivity index (χ1n) is 5.81. The molecule has 2 nitrogen and oxygen atoms in total. The molecule has 0 fully saturated rings. The van der Waals surface area contributed by atoms with E-state index in [1.807, 2.05) is 17.0 Å². The van der Waals surface area contributed by atoms with Gasteiger partial charge in [-0.05, 0) is 43.2 Å². The molecule has 0 aromatic heterocycles. The largest absolute Gasteiger partial charge is 0.340 e. The van der Waals surface area contributed by atoms with Crippen molar-refractivity contribution in [2.75, 3.05) is 13.6 Å². The summed E-state index contributed by atoms with van der Waals surface area (Å²) in [4.78, 5) is 5.97. The number of halogens is 1. The summed E-state index contributed by atoms with van der Waals surface area (Å²) in [5, 5.41) is 0.797. The number of hydrogen-bond donors (Lipinski definition) is 0. The maximum Gasteiger partial charge on any atom is 0.0885 e. The standard InChI is InChI=1S/C14H19ClN2/c1-3-17(12-16-2)11-5-4-6-13-7-9-14(15)10-8-13/h3,7-10,12H,1,4-6,11H2,2H3. The van der Waals surface area contributed by atoms with Crippen molar-refractivity contribution in [3.8, 4) is 0 Å². The Morgan fingerprint density at radius 2 is 2.00 bits per heavy atom. The number of rotatable bonds is 7. The lowest BCUT2D eigenvalue weighted by molar-refractivity contribution is 0.531. The number of unbranched alkanes of at least 4 members (excludes halogenated alkanes) is 1. The molecule has 3 heteroatoms. The minimum absolute atomic E-state index is 0.797. The van der Waals surface area contributed by atoms with Crippen LogP contribution in [0.15, 0.2) is 42.0 Å². The molecule has 1 rings (SSSR count). The molecular weight excluding hydrogens is 232 g/mol. The highest BCUT2D eigenvalue weighted by molar-refractivity contribution is 6.30. The lowest BCUT2D eigenvalue weighted by atomic mass is 10.1. The minimum atomic E-state index is 0.797. The maximum atomic E-state index is 5.84. The summed E-state index contributed by atoms with van der Waals surface area (Å²) in [6.07, 6.45) is 6.97. The minimum Gasteiger partial charge on any atom is -0.340 e. The third kappa shape index (κ3) is 5.55. The second-order valence-corrected chi connectivity index (χ2v) is 4.31. The van der Waals surface area contributed by atoms with E-state index < -0.39 is 0 Å². The Morgan fingerprint density at radius 1 is 1.29 bits per heavy atom. The third-order valence-electron chi connectivity index (χ3n) is 2.54. The smallest absolute Gasteiger partial charge is 0.0885 e. The second-order valence-electron chi connectivity index (χ2n) is 3.88. The Kier molecular flexibility index (Phi) is 6.41. The van der Waals surface area contributed by atoms with E-state index in [1.54, 1.807) is 19.6 Å². The van der Waals surface area contributed by atoms with Crippen molar-refractivity contribution in [1.29, 1.82) is 0 Å². The molecular formula is C14H19ClN2. The summed E-state index contributed by atoms with van der Waals surface area (Å²) >= 11 is 5.84. The normalized spacial score (nSPS) is 10.7. The highest BCUT2D eigenvalue weighted by atomic mass is 35.5. The van der Waals surface area contributed by atoms with Gasteiger partial charge in [0, 0.05) is 18.6 Å². The molecule has 17 heavy (non-hydrogen) atoms. The molecule has 0 saturated heterocycles. The number of benzene rings is 1. The van der Waals surface area contributed by atoms with Gasteiger partial charge in [-0.1, -0.05) is 30.3 Å². The van der Waals surface area contributed by atoms with Gasteiger partial charge >= 0.3 is 0 Å². The molecule has 92 valence electrons. The van der Waals surface area contributed by atoms with E-state index in [0.717, 1.165) is 30.8 Å². The van der Waals surface area contributed by atoms with Crippen molar-refractivity contribution in [2.24, 2.45) is 4.99 Å². The summed E-state index contributed by atoms with van der Waals surface area (Å²) in [5.74, 6) is 0. The van der Waals surface area contributed by atoms with E-state index in [9.17, 15) is 0 Å². The van der Waals surface area contributed by atoms with Gasteiger partial charge in [0.1, 0.15) is 0 Å². The van der Waals surface area contributed by atoms with Gasteiger partial charge in [0.05, 0.1) is 6.34 Å². The van der Waals surface area contributed by atoms with Crippen molar-refractivity contribution in [3.05, 3.63) is 47.6 Å². The van der Waals surface area contributed by atoms with Crippen molar-refractivity contribution in [3.63, 3.8) is 0 Å². The molecule has 0 amide bonds. The Bertz CT molecular complexity index is 357. The molecule has 0 atom stereocenters. The quantitative estimate of drug-likeness (QED) is 0.409. The monoisotopic (exact) mass is 250 g/mol. The molecule has 0 aliphatic carbocycles. The van der Waals surface area contributed by atoms with Gasteiger partial charge in [0.2, 0.25) is 0 Å². The van der Waals surface area contributed by atoms with E-state index >= 15 is 0 Å². The zero-order valence-electron chi connectivity index (χ0n) is 10.3. The molecule has 0 N–H and O–H groups in total. The summed E-state index contributed by atoms with van der Waals surface area (Å²) in [6, 6.07) is 8.05. The van der Waals surface area contributed by atoms with Crippen LogP contribution in [0.5, 0.6) is 0 Å². The average molecular weight is 251 g/mol. The second kappa shape index (κ2) is 7.91. The first kappa shape index (κ1) is 13.8. The van der Waals surface area contributed by atoms with Crippen LogP contribution in [0.4, 0.5) is 0 Å². The van der Waals surface area contributed by atoms with Crippen LogP contribution in [0, 0.1) is 0 Å². The van der Waals surface area contributed by atoms with Gasteiger partial charge in [-0.15, -0.1) is 0 Å². The van der Waals surface area contributed by atoms with Crippen molar-refractivity contribution in [2.45, 2.75) is 19.3 Å². The first-order chi connectivity index (χ1) is 8.26. The first-order valence-corrected chi connectivity index (χ1v) is 6.19. The van der Waals surface area contributed by atoms with Crippen LogP contribution in [-0.4, -0.2) is 24.8 Å². The van der Waals surface area contributed by atoms with Crippen LogP contribution in [0.25, 0.3) is 0 Å². The van der Waals surface area contributed by atoms with Crippen LogP contribution in [0.3, 0.4) is 0 Å². The molecule has 0 saturated carbocycles. The zero-order valence-corrected chi connectivity index (χ0v) is 11.0. The van der Waals surface area contributed by atoms with Crippen molar-refractivity contribution in [1.82, 2.24) is 4.90 Å². The molecule has 0 bridgehead atoms. The van der Waals surface area contributed by atoms with Crippen molar-refractivity contribution < 1.29 is 0 Å². The maximum absolute atomic E-state index is 5.84. The number of hydrogen-bond acceptors (Lipinski definition) is 1. The number of nitrogens with zero attached hydrogens (tertiary/aromatic N) is 2. The van der Waals surface area contributed by atoms with Crippen LogP contribution in [-0.2, 0) is 6.42 Å². The average Bonchev–Trinajstić information content (AvgIpc) is 2.35. The SMILES string of the molecule is C=CN(C=NC)CCCCc1ccc(Cl)cc1. The van der Waals surface area contributed by atoms with E-state index in [-0.39, 0.29) is 0 Å². The lowest BCUT2D eigenvalue weighted by Crippen LogP contribution is -2.15. The van der Waals surface area contributed by atoms with Gasteiger partial charge in [0.15, 0.2) is 0 Å². The van der Waals surface area contributed by atoms with Gasteiger partial charge in [-0.2, -0.15) is 0 Å². The Hall–Kier alpha value is -1.28. The van der Waals surface area contributed by atoms with Crippen LogP contribution >= 0.6 is 11.6 Å². The molecule has 0 aliphatic heterocycles. The molecule has 1 aromatic rings. The summed E-state index contributed by atoms with van der Waals surface area (Å²) in [7, 11) is 1.77. The van der Waals surface area contributed by atoms with Crippen LogP contribution < -0.4 is 0 Å². The van der Waals surface area contributed by atoms with E-state index in [2.05, 4.69) is 23.7 Å². The van der Waals surface area contributed by atoms with Gasteiger partial charge < -0.3 is 4.90 Å². The predicted octanol–water partition coefficient (Wildman–Crippen LogP) is 3.77. The lowest BCUT2D eigenvalue weighted by Gasteiger charge is -2.13. The van der Waals surface area contributed by atoms with Crippen LogP contribution in [0.2, 0.25) is 5.02 Å². The fourth-order valence-electron chi connectivity index (χ4n) is 1.62. The van der Waals surface area contributed by atoms with Crippen molar-refractivity contribution >= 4 is 17.9 Å². The molecule has 0 spiro atoms. The Morgan fingerprint density at radius 3 is 2.59 bits per heavy atom. The summed E-state index contributed by atoms with van der Waals surface area (Å²) in [5.41, 5.74) is 1.34. The molecule has 1 aromatic carbocycles. The highest BCUT2D eigenvalue weighted by Crippen LogP contribution is 2.11. The van der Waals surface area contributed by atoms with E-state index in [1.165, 1.54) is 5.56 Å². The topological polar surface area (TPSA) is 15.6 Å². The van der Waals surface area contributed by atoms with Gasteiger partial charge in [0.25, 0.3) is 0 Å². The molecule has 0 aliphatic rings. The van der Waals surface area contributed by atoms with E-state index in [4.69, 9.17) is 11.6 Å².